The number of ether oxygens (including phenoxy) is 2. The monoisotopic (exact) mass is 448 g/mol. The number of nitrogens with zero attached hydrogens (tertiary/aromatic N) is 2. The summed E-state index contributed by atoms with van der Waals surface area (Å²) in [6, 6.07) is 8.85. The Balaban J connectivity index is 1.86. The van der Waals surface area contributed by atoms with Crippen LogP contribution in [-0.2, 0) is 21.8 Å². The summed E-state index contributed by atoms with van der Waals surface area (Å²) in [5.41, 5.74) is 2.38. The Kier molecular flexibility index (Phi) is 8.03. The highest BCUT2D eigenvalue weighted by atomic mass is 32.2. The fraction of sp³-hybridized carbons (Fsp3) is 0.391. The molecule has 0 spiro atoms. The zero-order valence-corrected chi connectivity index (χ0v) is 18.7. The molecule has 3 aromatic rings. The lowest BCUT2D eigenvalue weighted by molar-refractivity contribution is 0.0526. The Morgan fingerprint density at radius 2 is 2.00 bits per heavy atom. The molecule has 0 N–H and O–H groups in total. The normalized spacial score (nSPS) is 11.4. The first-order valence-electron chi connectivity index (χ1n) is 10.2. The number of imidazole rings is 1. The third-order valence-electron chi connectivity index (χ3n) is 4.57. The van der Waals surface area contributed by atoms with Crippen molar-refractivity contribution in [2.24, 2.45) is 0 Å². The Morgan fingerprint density at radius 3 is 2.71 bits per heavy atom. The molecule has 5 nitrogen and oxygen atoms in total. The van der Waals surface area contributed by atoms with Gasteiger partial charge in [-0.25, -0.2) is 18.6 Å². The first-order valence-corrected chi connectivity index (χ1v) is 11.2. The van der Waals surface area contributed by atoms with Gasteiger partial charge in [0.25, 0.3) is 0 Å². The lowest BCUT2D eigenvalue weighted by atomic mass is 10.2. The fourth-order valence-electron chi connectivity index (χ4n) is 3.10. The van der Waals surface area contributed by atoms with Crippen LogP contribution in [0.1, 0.15) is 43.1 Å². The smallest absolute Gasteiger partial charge is 0.338 e. The maximum absolute atomic E-state index is 14.0. The first kappa shape index (κ1) is 23.2. The van der Waals surface area contributed by atoms with E-state index >= 15 is 0 Å². The van der Waals surface area contributed by atoms with Gasteiger partial charge in [0, 0.05) is 25.0 Å². The van der Waals surface area contributed by atoms with Crippen molar-refractivity contribution in [1.29, 1.82) is 0 Å². The highest BCUT2D eigenvalue weighted by molar-refractivity contribution is 7.98. The van der Waals surface area contributed by atoms with Crippen LogP contribution in [0.25, 0.3) is 11.0 Å². The van der Waals surface area contributed by atoms with E-state index in [1.165, 1.54) is 23.9 Å². The van der Waals surface area contributed by atoms with Crippen LogP contribution >= 0.6 is 11.8 Å². The molecule has 166 valence electrons. The minimum absolute atomic E-state index is 0.155. The van der Waals surface area contributed by atoms with Gasteiger partial charge in [-0.2, -0.15) is 0 Å². The maximum atomic E-state index is 14.0. The van der Waals surface area contributed by atoms with Gasteiger partial charge in [0.2, 0.25) is 0 Å². The summed E-state index contributed by atoms with van der Waals surface area (Å²) in [4.78, 5) is 16.8. The van der Waals surface area contributed by atoms with E-state index in [4.69, 9.17) is 9.47 Å². The molecular formula is C23H26F2N2O3S. The summed E-state index contributed by atoms with van der Waals surface area (Å²) in [6.45, 7) is 7.30. The number of benzene rings is 2. The second kappa shape index (κ2) is 10.7. The van der Waals surface area contributed by atoms with E-state index in [-0.39, 0.29) is 6.10 Å². The van der Waals surface area contributed by atoms with Crippen LogP contribution in [0.15, 0.2) is 41.6 Å². The van der Waals surface area contributed by atoms with Crippen molar-refractivity contribution in [1.82, 2.24) is 9.55 Å². The third kappa shape index (κ3) is 6.04. The van der Waals surface area contributed by atoms with Crippen molar-refractivity contribution in [3.8, 4) is 0 Å². The third-order valence-corrected chi connectivity index (χ3v) is 5.60. The summed E-state index contributed by atoms with van der Waals surface area (Å²) in [5.74, 6) is -1.27. The minimum atomic E-state index is -0.602. The molecule has 31 heavy (non-hydrogen) atoms. The number of aryl methyl sites for hydroxylation is 1. The zero-order chi connectivity index (χ0) is 22.4. The number of carbonyl (C=O) groups excluding carboxylic acids is 1. The molecule has 0 saturated carbocycles. The molecule has 0 radical (unpaired) electrons. The molecule has 0 fully saturated rings. The summed E-state index contributed by atoms with van der Waals surface area (Å²) in [5, 5.41) is 0.698. The van der Waals surface area contributed by atoms with Gasteiger partial charge in [0.1, 0.15) is 11.6 Å². The molecule has 0 amide bonds. The molecule has 1 aromatic heterocycles. The number of rotatable bonds is 10. The molecule has 1 heterocycles. The molecular weight excluding hydrogens is 422 g/mol. The van der Waals surface area contributed by atoms with Gasteiger partial charge in [-0.3, -0.25) is 0 Å². The number of thioether (sulfide) groups is 1. The molecule has 0 aliphatic heterocycles. The van der Waals surface area contributed by atoms with Crippen molar-refractivity contribution in [3.63, 3.8) is 0 Å². The van der Waals surface area contributed by atoms with Crippen LogP contribution in [0.4, 0.5) is 8.78 Å². The minimum Gasteiger partial charge on any atom is -0.462 e. The predicted molar refractivity (Wildman–Crippen MR) is 117 cm³/mol. The van der Waals surface area contributed by atoms with Gasteiger partial charge >= 0.3 is 5.97 Å². The Hall–Kier alpha value is -2.45. The summed E-state index contributed by atoms with van der Waals surface area (Å²) in [7, 11) is 0. The Labute approximate surface area is 184 Å². The van der Waals surface area contributed by atoms with Crippen LogP contribution in [0.3, 0.4) is 0 Å². The number of aromatic nitrogens is 2. The average molecular weight is 449 g/mol. The molecule has 3 rings (SSSR count). The molecule has 8 heteroatoms. The van der Waals surface area contributed by atoms with E-state index in [1.807, 2.05) is 24.5 Å². The molecule has 2 aromatic carbocycles. The fourth-order valence-corrected chi connectivity index (χ4v) is 4.13. The lowest BCUT2D eigenvalue weighted by Crippen LogP contribution is -2.08. The number of hydrogen-bond donors (Lipinski definition) is 0. The zero-order valence-electron chi connectivity index (χ0n) is 17.9. The lowest BCUT2D eigenvalue weighted by Gasteiger charge is -2.11. The molecule has 0 unspecified atom stereocenters. The standard InChI is InChI=1S/C23H26F2N2O3S/c1-4-29-22(28)16-7-9-21-20(12-16)26-23(27(21)10-5-11-30-15(2)3)31-14-17-6-8-18(24)13-19(17)25/h6-9,12-13,15H,4-5,10-11,14H2,1-3H3. The number of halogens is 2. The molecule has 0 atom stereocenters. The Bertz CT molecular complexity index is 1050. The highest BCUT2D eigenvalue weighted by Gasteiger charge is 2.16. The van der Waals surface area contributed by atoms with E-state index in [0.29, 0.717) is 47.3 Å². The molecule has 0 aliphatic rings. The predicted octanol–water partition coefficient (Wildman–Crippen LogP) is 5.60. The number of esters is 1. The van der Waals surface area contributed by atoms with E-state index in [9.17, 15) is 13.6 Å². The van der Waals surface area contributed by atoms with Crippen molar-refractivity contribution in [2.45, 2.75) is 50.8 Å². The van der Waals surface area contributed by atoms with Gasteiger partial charge in [-0.1, -0.05) is 17.8 Å². The first-order chi connectivity index (χ1) is 14.9. The van der Waals surface area contributed by atoms with Gasteiger partial charge in [0.05, 0.1) is 29.3 Å². The SMILES string of the molecule is CCOC(=O)c1ccc2c(c1)nc(SCc1ccc(F)cc1F)n2CCCOC(C)C. The molecule has 0 bridgehead atoms. The quantitative estimate of drug-likeness (QED) is 0.230. The maximum Gasteiger partial charge on any atom is 0.338 e. The highest BCUT2D eigenvalue weighted by Crippen LogP contribution is 2.29. The van der Waals surface area contributed by atoms with Gasteiger partial charge in [-0.15, -0.1) is 0 Å². The van der Waals surface area contributed by atoms with Crippen LogP contribution in [-0.4, -0.2) is 34.8 Å². The van der Waals surface area contributed by atoms with Crippen LogP contribution in [0.2, 0.25) is 0 Å². The van der Waals surface area contributed by atoms with Crippen molar-refractivity contribution < 1.29 is 23.0 Å². The van der Waals surface area contributed by atoms with E-state index < -0.39 is 17.6 Å². The van der Waals surface area contributed by atoms with Crippen LogP contribution in [0, 0.1) is 11.6 Å². The number of hydrogen-bond acceptors (Lipinski definition) is 5. The second-order valence-electron chi connectivity index (χ2n) is 7.27. The number of fused-ring (bicyclic) bond motifs is 1. The van der Waals surface area contributed by atoms with E-state index in [0.717, 1.165) is 18.0 Å². The molecule has 0 saturated heterocycles. The van der Waals surface area contributed by atoms with Crippen molar-refractivity contribution >= 4 is 28.8 Å². The second-order valence-corrected chi connectivity index (χ2v) is 8.21. The summed E-state index contributed by atoms with van der Waals surface area (Å²) >= 11 is 1.37. The molecule has 0 aliphatic carbocycles. The van der Waals surface area contributed by atoms with Crippen LogP contribution in [0.5, 0.6) is 0 Å². The van der Waals surface area contributed by atoms with Gasteiger partial charge in [-0.05, 0) is 57.0 Å². The van der Waals surface area contributed by atoms with E-state index in [1.54, 1.807) is 19.1 Å². The number of carbonyl (C=O) groups is 1. The topological polar surface area (TPSA) is 53.3 Å². The van der Waals surface area contributed by atoms with E-state index in [2.05, 4.69) is 4.98 Å². The summed E-state index contributed by atoms with van der Waals surface area (Å²) in [6.07, 6.45) is 0.934. The Morgan fingerprint density at radius 1 is 1.19 bits per heavy atom. The summed E-state index contributed by atoms with van der Waals surface area (Å²) < 4.78 is 40.0. The average Bonchev–Trinajstić information content (AvgIpc) is 3.07. The van der Waals surface area contributed by atoms with Gasteiger partial charge in [0.15, 0.2) is 5.16 Å². The van der Waals surface area contributed by atoms with Crippen molar-refractivity contribution in [3.05, 3.63) is 59.2 Å². The largest absolute Gasteiger partial charge is 0.462 e. The van der Waals surface area contributed by atoms with Gasteiger partial charge < -0.3 is 14.0 Å². The van der Waals surface area contributed by atoms with Crippen LogP contribution < -0.4 is 0 Å². The van der Waals surface area contributed by atoms with Crippen molar-refractivity contribution in [2.75, 3.05) is 13.2 Å².